The molecule has 0 fully saturated rings. The number of hydrogen-bond acceptors (Lipinski definition) is 14. The van der Waals surface area contributed by atoms with E-state index in [2.05, 4.69) is 46.4 Å². The van der Waals surface area contributed by atoms with Crippen molar-refractivity contribution < 1.29 is 60.6 Å². The molecule has 0 radical (unpaired) electrons. The minimum Gasteiger partial charge on any atom is -0.508 e. The van der Waals surface area contributed by atoms with Crippen LogP contribution >= 0.6 is 23.5 Å². The molecule has 0 saturated carbocycles. The lowest BCUT2D eigenvalue weighted by Gasteiger charge is -2.28. The Morgan fingerprint density at radius 3 is 1.76 bits per heavy atom. The van der Waals surface area contributed by atoms with Gasteiger partial charge in [0.05, 0.1) is 6.54 Å². The van der Waals surface area contributed by atoms with Crippen LogP contribution in [0.3, 0.4) is 0 Å². The van der Waals surface area contributed by atoms with E-state index in [-0.39, 0.29) is 43.6 Å². The van der Waals surface area contributed by atoms with Gasteiger partial charge < -0.3 is 53.0 Å². The number of carbonyl (C=O) groups is 8. The molecule has 1 aromatic heterocycles. The van der Waals surface area contributed by atoms with Crippen molar-refractivity contribution in [3.8, 4) is 5.75 Å². The SMILES string of the molecule is CSCC[C@H](NC(=O)[C@H](Cc1ccc(O)cc1)NC(C)=O)C(=O)NCC(=O)N[C@@H](Cc1c[nH]c2ccccc12)C(=O)N[C@@H](CCSC)C(=O)N[C@H](C(=O)N[C@@H](Cc1ccccc1)C(N)=O)[C@@H](C)OS(=O)(=O)O. The van der Waals surface area contributed by atoms with Gasteiger partial charge in [-0.15, -0.1) is 0 Å². The molecule has 390 valence electrons. The fraction of sp³-hybridized carbons (Fsp3) is 0.404. The number of para-hydroxylation sites is 1. The van der Waals surface area contributed by atoms with Crippen LogP contribution in [-0.2, 0) is 72.2 Å². The van der Waals surface area contributed by atoms with E-state index in [0.717, 1.165) is 12.4 Å². The number of phenols is 1. The molecule has 25 heteroatoms. The minimum atomic E-state index is -5.20. The number of aromatic nitrogens is 1. The van der Waals surface area contributed by atoms with Crippen LogP contribution in [0.2, 0.25) is 0 Å². The molecule has 12 N–H and O–H groups in total. The van der Waals surface area contributed by atoms with Crippen LogP contribution in [0.25, 0.3) is 10.9 Å². The zero-order valence-electron chi connectivity index (χ0n) is 40.0. The number of nitrogens with two attached hydrogens (primary N) is 1. The molecule has 4 aromatic rings. The molecule has 0 aliphatic heterocycles. The Labute approximate surface area is 425 Å². The number of H-pyrrole nitrogens is 1. The Bertz CT molecular complexity index is 2620. The lowest BCUT2D eigenvalue weighted by atomic mass is 10.0. The monoisotopic (exact) mass is 1060 g/mol. The molecule has 0 aliphatic carbocycles. The minimum absolute atomic E-state index is 0.00783. The summed E-state index contributed by atoms with van der Waals surface area (Å²) in [5.74, 6) is -5.99. The zero-order chi connectivity index (χ0) is 53.0. The highest BCUT2D eigenvalue weighted by atomic mass is 32.3. The van der Waals surface area contributed by atoms with Crippen molar-refractivity contribution in [2.75, 3.05) is 30.6 Å². The second kappa shape index (κ2) is 28.4. The van der Waals surface area contributed by atoms with Gasteiger partial charge in [0.2, 0.25) is 47.3 Å². The Kier molecular flexibility index (Phi) is 22.8. The fourth-order valence-corrected chi connectivity index (χ4v) is 8.81. The number of nitrogens with one attached hydrogen (secondary N) is 8. The summed E-state index contributed by atoms with van der Waals surface area (Å²) >= 11 is 2.71. The molecule has 0 saturated heterocycles. The van der Waals surface area contributed by atoms with Gasteiger partial charge in [-0.1, -0.05) is 60.7 Å². The molecule has 4 rings (SSSR count). The van der Waals surface area contributed by atoms with Crippen LogP contribution < -0.4 is 43.0 Å². The van der Waals surface area contributed by atoms with Gasteiger partial charge in [-0.3, -0.25) is 42.9 Å². The van der Waals surface area contributed by atoms with E-state index in [1.54, 1.807) is 85.4 Å². The van der Waals surface area contributed by atoms with Crippen molar-refractivity contribution in [1.29, 1.82) is 0 Å². The number of benzene rings is 3. The van der Waals surface area contributed by atoms with Crippen molar-refractivity contribution in [3.05, 3.63) is 102 Å². The summed E-state index contributed by atoms with van der Waals surface area (Å²) < 4.78 is 37.8. The van der Waals surface area contributed by atoms with Crippen molar-refractivity contribution in [1.82, 2.24) is 42.2 Å². The number of aromatic amines is 1. The number of phenolic OH excluding ortho intramolecular Hbond substituents is 1. The first-order valence-electron chi connectivity index (χ1n) is 22.5. The van der Waals surface area contributed by atoms with Gasteiger partial charge in [-0.25, -0.2) is 4.18 Å². The van der Waals surface area contributed by atoms with Gasteiger partial charge in [0.1, 0.15) is 48.1 Å². The molecule has 0 aliphatic rings. The predicted molar refractivity (Wildman–Crippen MR) is 272 cm³/mol. The second-order valence-corrected chi connectivity index (χ2v) is 19.6. The van der Waals surface area contributed by atoms with Gasteiger partial charge in [0, 0.05) is 43.3 Å². The number of rotatable bonds is 29. The van der Waals surface area contributed by atoms with Gasteiger partial charge in [0.15, 0.2) is 0 Å². The highest BCUT2D eigenvalue weighted by Crippen LogP contribution is 2.20. The first kappa shape index (κ1) is 57.9. The van der Waals surface area contributed by atoms with Gasteiger partial charge in [0.25, 0.3) is 0 Å². The Hall–Kier alpha value is -6.67. The molecule has 7 atom stereocenters. The molecular weight excluding hydrogens is 995 g/mol. The van der Waals surface area contributed by atoms with Crippen LogP contribution in [0.1, 0.15) is 43.4 Å². The number of primary amides is 1. The van der Waals surface area contributed by atoms with Crippen LogP contribution in [0.5, 0.6) is 5.75 Å². The van der Waals surface area contributed by atoms with Crippen LogP contribution in [0, 0.1) is 0 Å². The Balaban J connectivity index is 1.55. The van der Waals surface area contributed by atoms with Crippen LogP contribution in [-0.4, -0.2) is 143 Å². The van der Waals surface area contributed by atoms with Crippen LogP contribution in [0.4, 0.5) is 0 Å². The number of amides is 8. The maximum atomic E-state index is 14.4. The number of thioether (sulfide) groups is 2. The summed E-state index contributed by atoms with van der Waals surface area (Å²) in [6, 6.07) is 13.3. The molecule has 72 heavy (non-hydrogen) atoms. The largest absolute Gasteiger partial charge is 0.508 e. The molecule has 1 heterocycles. The maximum absolute atomic E-state index is 14.4. The fourth-order valence-electron chi connectivity index (χ4n) is 7.37. The topological polar surface area (TPSA) is 346 Å². The van der Waals surface area contributed by atoms with E-state index in [9.17, 15) is 56.4 Å². The van der Waals surface area contributed by atoms with Crippen molar-refractivity contribution in [2.45, 2.75) is 88.3 Å². The number of hydrogen-bond donors (Lipinski definition) is 11. The van der Waals surface area contributed by atoms with E-state index < -0.39 is 107 Å². The summed E-state index contributed by atoms with van der Waals surface area (Å²) in [6.07, 6.45) is 3.31. The molecule has 22 nitrogen and oxygen atoms in total. The summed E-state index contributed by atoms with van der Waals surface area (Å²) in [4.78, 5) is 111. The quantitative estimate of drug-likeness (QED) is 0.0323. The average Bonchev–Trinajstić information content (AvgIpc) is 3.74. The maximum Gasteiger partial charge on any atom is 0.397 e. The lowest BCUT2D eigenvalue weighted by Crippen LogP contribution is -2.61. The highest BCUT2D eigenvalue weighted by molar-refractivity contribution is 7.98. The normalized spacial score (nSPS) is 14.2. The second-order valence-electron chi connectivity index (χ2n) is 16.6. The molecule has 0 unspecified atom stereocenters. The molecule has 3 aromatic carbocycles. The number of fused-ring (bicyclic) bond motifs is 1. The third-order valence-corrected chi connectivity index (χ3v) is 12.8. The Morgan fingerprint density at radius 2 is 1.18 bits per heavy atom. The summed E-state index contributed by atoms with van der Waals surface area (Å²) in [7, 11) is -5.20. The van der Waals surface area contributed by atoms with E-state index in [0.29, 0.717) is 27.8 Å². The predicted octanol–water partition coefficient (Wildman–Crippen LogP) is 0.146. The van der Waals surface area contributed by atoms with E-state index >= 15 is 0 Å². The highest BCUT2D eigenvalue weighted by Gasteiger charge is 2.36. The molecule has 8 amide bonds. The van der Waals surface area contributed by atoms with Crippen LogP contribution in [0.15, 0.2) is 85.1 Å². The summed E-state index contributed by atoms with van der Waals surface area (Å²) in [5, 5.41) is 28.2. The molecule has 0 bridgehead atoms. The van der Waals surface area contributed by atoms with Gasteiger partial charge in [-0.2, -0.15) is 31.9 Å². The van der Waals surface area contributed by atoms with E-state index in [1.807, 2.05) is 0 Å². The van der Waals surface area contributed by atoms with Crippen molar-refractivity contribution in [3.63, 3.8) is 0 Å². The average molecular weight is 1060 g/mol. The van der Waals surface area contributed by atoms with E-state index in [1.165, 1.54) is 42.6 Å². The number of carbonyl (C=O) groups excluding carboxylic acids is 8. The lowest BCUT2D eigenvalue weighted by molar-refractivity contribution is -0.135. The molecular formula is C47H61N9O13S3. The first-order chi connectivity index (χ1) is 34.2. The summed E-state index contributed by atoms with van der Waals surface area (Å²) in [5.41, 5.74) is 8.14. The molecule has 0 spiro atoms. The smallest absolute Gasteiger partial charge is 0.397 e. The third kappa shape index (κ3) is 19.2. The van der Waals surface area contributed by atoms with Gasteiger partial charge in [-0.05, 0) is 78.7 Å². The van der Waals surface area contributed by atoms with E-state index in [4.69, 9.17) is 5.73 Å². The van der Waals surface area contributed by atoms with Gasteiger partial charge >= 0.3 is 10.4 Å². The van der Waals surface area contributed by atoms with Crippen molar-refractivity contribution >= 4 is 92.1 Å². The third-order valence-electron chi connectivity index (χ3n) is 11.0. The zero-order valence-corrected chi connectivity index (χ0v) is 42.4. The standard InChI is InChI=1S/C47H61N9O13S3/c1-27(69-72(66,67)68)41(47(65)55-37(42(48)60)22-29-10-6-5-7-11-29)56-44(62)36(19-21-71-4)54-46(64)39(24-31-25-49-34-13-9-8-12-33(31)34)52-40(59)26-50-43(61)35(18-20-70-3)53-45(63)38(51-28(2)57)23-30-14-16-32(58)17-15-30/h5-17,25,27,35-39,41,49,58H,18-24,26H2,1-4H3,(H2,48,60)(H,50,61)(H,51,57)(H,52,59)(H,53,63)(H,54,64)(H,55,65)(H,56,62)(H,66,67,68)/t27-,35+,36+,37+,38+,39+,41+/m1/s1. The summed E-state index contributed by atoms with van der Waals surface area (Å²) in [6.45, 7) is 1.64. The Morgan fingerprint density at radius 1 is 0.653 bits per heavy atom. The van der Waals surface area contributed by atoms with Crippen molar-refractivity contribution in [2.24, 2.45) is 5.73 Å². The number of aromatic hydroxyl groups is 1. The first-order valence-corrected chi connectivity index (χ1v) is 26.7.